The smallest absolute Gasteiger partial charge is 0.337 e. The van der Waals surface area contributed by atoms with Crippen LogP contribution in [0.3, 0.4) is 0 Å². The van der Waals surface area contributed by atoms with Gasteiger partial charge in [0.2, 0.25) is 0 Å². The Morgan fingerprint density at radius 1 is 1.21 bits per heavy atom. The van der Waals surface area contributed by atoms with Gasteiger partial charge in [-0.3, -0.25) is 0 Å². The molecule has 0 bridgehead atoms. The fourth-order valence-corrected chi connectivity index (χ4v) is 4.21. The molecule has 2 aromatic rings. The number of urea groups is 1. The molecule has 7 nitrogen and oxygen atoms in total. The Labute approximate surface area is 195 Å². The number of rotatable bonds is 6. The number of aryl methyl sites for hydroxylation is 2. The van der Waals surface area contributed by atoms with Crippen LogP contribution in [0.15, 0.2) is 24.3 Å². The minimum Gasteiger partial charge on any atom is -0.493 e. The quantitative estimate of drug-likeness (QED) is 0.545. The van der Waals surface area contributed by atoms with E-state index in [0.29, 0.717) is 30.0 Å². The number of carbonyl (C=O) groups excluding carboxylic acids is 1. The maximum Gasteiger partial charge on any atom is 0.337 e. The lowest BCUT2D eigenvalue weighted by atomic mass is 9.86. The predicted octanol–water partition coefficient (Wildman–Crippen LogP) is 5.38. The summed E-state index contributed by atoms with van der Waals surface area (Å²) in [5.74, 6) is -0.207. The molecule has 2 amide bonds. The number of amides is 2. The summed E-state index contributed by atoms with van der Waals surface area (Å²) in [7, 11) is 0. The van der Waals surface area contributed by atoms with Gasteiger partial charge in [-0.05, 0) is 100 Å². The van der Waals surface area contributed by atoms with Crippen LogP contribution in [-0.4, -0.2) is 35.9 Å². The molecule has 7 heteroatoms. The van der Waals surface area contributed by atoms with Crippen molar-refractivity contribution in [3.05, 3.63) is 46.5 Å². The molecule has 0 saturated heterocycles. The highest BCUT2D eigenvalue weighted by atomic mass is 16.5. The van der Waals surface area contributed by atoms with Crippen LogP contribution in [-0.2, 0) is 16.0 Å². The molecule has 0 spiro atoms. The van der Waals surface area contributed by atoms with Gasteiger partial charge in [0.05, 0.1) is 12.2 Å². The van der Waals surface area contributed by atoms with Crippen molar-refractivity contribution in [1.82, 2.24) is 5.32 Å². The van der Waals surface area contributed by atoms with Gasteiger partial charge in [0, 0.05) is 17.8 Å². The summed E-state index contributed by atoms with van der Waals surface area (Å²) in [4.78, 5) is 24.7. The summed E-state index contributed by atoms with van der Waals surface area (Å²) in [6.45, 7) is 12.3. The van der Waals surface area contributed by atoms with E-state index in [1.54, 1.807) is 0 Å². The molecule has 178 valence electrons. The molecule has 1 heterocycles. The molecule has 33 heavy (non-hydrogen) atoms. The van der Waals surface area contributed by atoms with Crippen molar-refractivity contribution >= 4 is 17.7 Å². The summed E-state index contributed by atoms with van der Waals surface area (Å²) >= 11 is 0. The van der Waals surface area contributed by atoms with Crippen LogP contribution in [0.1, 0.15) is 62.5 Å². The number of nitrogens with one attached hydrogen (secondary N) is 2. The van der Waals surface area contributed by atoms with Crippen LogP contribution in [0.25, 0.3) is 11.1 Å². The van der Waals surface area contributed by atoms with E-state index in [1.807, 2.05) is 59.7 Å². The van der Waals surface area contributed by atoms with Crippen LogP contribution in [0.4, 0.5) is 10.5 Å². The SMILES string of the molecule is CCNC(=O)Nc1cc(C)c(-c2ccc3c(c2)CCCO3)c(C(OC(C)(C)C)C(=O)O)c1C. The van der Waals surface area contributed by atoms with Crippen LogP contribution in [0.2, 0.25) is 0 Å². The molecule has 1 aliphatic rings. The molecule has 1 unspecified atom stereocenters. The average Bonchev–Trinajstić information content (AvgIpc) is 2.73. The van der Waals surface area contributed by atoms with Gasteiger partial charge in [0.1, 0.15) is 5.75 Å². The molecule has 0 aromatic heterocycles. The van der Waals surface area contributed by atoms with E-state index in [2.05, 4.69) is 16.7 Å². The first kappa shape index (κ1) is 24.6. The number of benzene rings is 2. The molecule has 3 N–H and O–H groups in total. The number of carbonyl (C=O) groups is 2. The van der Waals surface area contributed by atoms with Crippen molar-refractivity contribution in [2.75, 3.05) is 18.5 Å². The maximum atomic E-state index is 12.4. The summed E-state index contributed by atoms with van der Waals surface area (Å²) in [6.07, 6.45) is 0.650. The fraction of sp³-hybridized carbons (Fsp3) is 0.462. The van der Waals surface area contributed by atoms with Crippen LogP contribution < -0.4 is 15.4 Å². The molecular formula is C26H34N2O5. The Bertz CT molecular complexity index is 1060. The number of carboxylic acids is 1. The second kappa shape index (κ2) is 9.83. The fourth-order valence-electron chi connectivity index (χ4n) is 4.21. The van der Waals surface area contributed by atoms with Crippen LogP contribution >= 0.6 is 0 Å². The molecule has 0 aliphatic carbocycles. The Morgan fingerprint density at radius 2 is 1.94 bits per heavy atom. The Balaban J connectivity index is 2.24. The minimum atomic E-state index is -1.21. The zero-order valence-electron chi connectivity index (χ0n) is 20.3. The lowest BCUT2D eigenvalue weighted by Gasteiger charge is -2.30. The second-order valence-corrected chi connectivity index (χ2v) is 9.36. The molecular weight excluding hydrogens is 420 g/mol. The zero-order chi connectivity index (χ0) is 24.3. The molecule has 1 aliphatic heterocycles. The van der Waals surface area contributed by atoms with E-state index in [0.717, 1.165) is 40.8 Å². The van der Waals surface area contributed by atoms with Gasteiger partial charge < -0.3 is 25.2 Å². The lowest BCUT2D eigenvalue weighted by Crippen LogP contribution is -2.30. The first-order chi connectivity index (χ1) is 15.5. The number of aliphatic carboxylic acids is 1. The number of hydrogen-bond donors (Lipinski definition) is 3. The van der Waals surface area contributed by atoms with E-state index in [9.17, 15) is 14.7 Å². The number of carboxylic acid groups (broad SMARTS) is 1. The first-order valence-corrected chi connectivity index (χ1v) is 11.4. The number of fused-ring (bicyclic) bond motifs is 1. The van der Waals surface area contributed by atoms with Gasteiger partial charge in [-0.1, -0.05) is 6.07 Å². The molecule has 0 fully saturated rings. The molecule has 2 aromatic carbocycles. The van der Waals surface area contributed by atoms with Crippen LogP contribution in [0.5, 0.6) is 5.75 Å². The standard InChI is InChI=1S/C26H34N2O5/c1-7-27-25(31)28-19-13-15(2)21(18-10-11-20-17(14-18)9-8-12-32-20)22(16(19)3)23(24(29)30)33-26(4,5)6/h10-11,13-14,23H,7-9,12H2,1-6H3,(H,29,30)(H2,27,28,31). The van der Waals surface area contributed by atoms with E-state index < -0.39 is 17.7 Å². The highest BCUT2D eigenvalue weighted by molar-refractivity contribution is 5.93. The van der Waals surface area contributed by atoms with Crippen molar-refractivity contribution in [1.29, 1.82) is 0 Å². The third-order valence-corrected chi connectivity index (χ3v) is 5.57. The topological polar surface area (TPSA) is 96.9 Å². The maximum absolute atomic E-state index is 12.4. The Morgan fingerprint density at radius 3 is 2.58 bits per heavy atom. The van der Waals surface area contributed by atoms with Crippen molar-refractivity contribution in [3.63, 3.8) is 0 Å². The van der Waals surface area contributed by atoms with E-state index >= 15 is 0 Å². The minimum absolute atomic E-state index is 0.340. The number of anilines is 1. The highest BCUT2D eigenvalue weighted by Gasteiger charge is 2.32. The molecule has 0 saturated carbocycles. The van der Waals surface area contributed by atoms with Crippen molar-refractivity contribution in [3.8, 4) is 16.9 Å². The largest absolute Gasteiger partial charge is 0.493 e. The normalized spacial score (nSPS) is 14.1. The van der Waals surface area contributed by atoms with Gasteiger partial charge in [-0.2, -0.15) is 0 Å². The second-order valence-electron chi connectivity index (χ2n) is 9.36. The number of hydrogen-bond acceptors (Lipinski definition) is 4. The summed E-state index contributed by atoms with van der Waals surface area (Å²) < 4.78 is 11.8. The predicted molar refractivity (Wildman–Crippen MR) is 129 cm³/mol. The highest BCUT2D eigenvalue weighted by Crippen LogP contribution is 2.42. The van der Waals surface area contributed by atoms with Gasteiger partial charge >= 0.3 is 12.0 Å². The van der Waals surface area contributed by atoms with Crippen molar-refractivity contribution in [2.24, 2.45) is 0 Å². The van der Waals surface area contributed by atoms with E-state index in [1.165, 1.54) is 0 Å². The third kappa shape index (κ3) is 5.66. The van der Waals surface area contributed by atoms with Gasteiger partial charge in [0.25, 0.3) is 0 Å². The summed E-state index contributed by atoms with van der Waals surface area (Å²) in [6, 6.07) is 7.53. The summed E-state index contributed by atoms with van der Waals surface area (Å²) in [5.41, 5.74) is 4.74. The monoisotopic (exact) mass is 454 g/mol. The molecule has 3 rings (SSSR count). The Kier molecular flexibility index (Phi) is 7.32. The number of ether oxygens (including phenoxy) is 2. The van der Waals surface area contributed by atoms with Crippen LogP contribution in [0, 0.1) is 13.8 Å². The molecule has 1 atom stereocenters. The van der Waals surface area contributed by atoms with Gasteiger partial charge in [-0.25, -0.2) is 9.59 Å². The van der Waals surface area contributed by atoms with Gasteiger partial charge in [-0.15, -0.1) is 0 Å². The van der Waals surface area contributed by atoms with E-state index in [-0.39, 0.29) is 6.03 Å². The van der Waals surface area contributed by atoms with Crippen molar-refractivity contribution < 1.29 is 24.2 Å². The zero-order valence-corrected chi connectivity index (χ0v) is 20.3. The average molecular weight is 455 g/mol. The van der Waals surface area contributed by atoms with E-state index in [4.69, 9.17) is 9.47 Å². The van der Waals surface area contributed by atoms with Gasteiger partial charge in [0.15, 0.2) is 6.10 Å². The Hall–Kier alpha value is -3.06. The molecule has 0 radical (unpaired) electrons. The third-order valence-electron chi connectivity index (χ3n) is 5.57. The summed E-state index contributed by atoms with van der Waals surface area (Å²) in [5, 5.41) is 15.8. The van der Waals surface area contributed by atoms with Crippen molar-refractivity contribution in [2.45, 2.75) is 66.1 Å². The first-order valence-electron chi connectivity index (χ1n) is 11.4. The lowest BCUT2D eigenvalue weighted by molar-refractivity contribution is -0.160.